The summed E-state index contributed by atoms with van der Waals surface area (Å²) >= 11 is 0. The lowest BCUT2D eigenvalue weighted by molar-refractivity contribution is 0.414. The summed E-state index contributed by atoms with van der Waals surface area (Å²) in [6.45, 7) is 2.84. The molecule has 0 aliphatic carbocycles. The van der Waals surface area contributed by atoms with Crippen LogP contribution in [0.3, 0.4) is 0 Å². The van der Waals surface area contributed by atoms with Gasteiger partial charge in [-0.1, -0.05) is 19.1 Å². The van der Waals surface area contributed by atoms with Crippen molar-refractivity contribution >= 4 is 0 Å². The highest BCUT2D eigenvalue weighted by molar-refractivity contribution is 5.28. The molecule has 0 saturated carbocycles. The summed E-state index contributed by atoms with van der Waals surface area (Å²) in [6.07, 6.45) is 4.71. The molecule has 0 aliphatic heterocycles. The summed E-state index contributed by atoms with van der Waals surface area (Å²) in [5.74, 6) is 1.92. The van der Waals surface area contributed by atoms with Crippen molar-refractivity contribution in [3.8, 4) is 5.75 Å². The summed E-state index contributed by atoms with van der Waals surface area (Å²) in [5.41, 5.74) is 7.32. The minimum Gasteiger partial charge on any atom is -0.497 e. The number of aromatic nitrogens is 2. The SMILES string of the molecule is CCc1nccn1CC(N)c1ccc(OC)cc1. The minimum absolute atomic E-state index is 0.0320. The van der Waals surface area contributed by atoms with Gasteiger partial charge in [-0.3, -0.25) is 0 Å². The van der Waals surface area contributed by atoms with Gasteiger partial charge in [0.05, 0.1) is 7.11 Å². The lowest BCUT2D eigenvalue weighted by Crippen LogP contribution is -2.18. The van der Waals surface area contributed by atoms with Crippen molar-refractivity contribution < 1.29 is 4.74 Å². The zero-order valence-electron chi connectivity index (χ0n) is 10.8. The summed E-state index contributed by atoms with van der Waals surface area (Å²) in [6, 6.07) is 7.85. The number of rotatable bonds is 5. The van der Waals surface area contributed by atoms with Crippen LogP contribution < -0.4 is 10.5 Å². The molecule has 4 nitrogen and oxygen atoms in total. The normalized spacial score (nSPS) is 12.4. The lowest BCUT2D eigenvalue weighted by atomic mass is 10.1. The van der Waals surface area contributed by atoms with Crippen molar-refractivity contribution in [2.75, 3.05) is 7.11 Å². The van der Waals surface area contributed by atoms with Crippen molar-refractivity contribution in [2.24, 2.45) is 5.73 Å². The van der Waals surface area contributed by atoms with E-state index in [-0.39, 0.29) is 6.04 Å². The average molecular weight is 245 g/mol. The molecule has 1 aromatic carbocycles. The highest BCUT2D eigenvalue weighted by Gasteiger charge is 2.09. The topological polar surface area (TPSA) is 53.1 Å². The molecule has 0 fully saturated rings. The van der Waals surface area contributed by atoms with Gasteiger partial charge in [-0.25, -0.2) is 4.98 Å². The first-order valence-corrected chi connectivity index (χ1v) is 6.14. The molecule has 1 aromatic heterocycles. The van der Waals surface area contributed by atoms with E-state index in [0.717, 1.165) is 30.1 Å². The van der Waals surface area contributed by atoms with Gasteiger partial charge >= 0.3 is 0 Å². The Hall–Kier alpha value is -1.81. The maximum atomic E-state index is 6.21. The van der Waals surface area contributed by atoms with Crippen LogP contribution in [0.4, 0.5) is 0 Å². The molecule has 18 heavy (non-hydrogen) atoms. The van der Waals surface area contributed by atoms with Crippen LogP contribution in [0.2, 0.25) is 0 Å². The second kappa shape index (κ2) is 5.69. The van der Waals surface area contributed by atoms with E-state index in [9.17, 15) is 0 Å². The number of nitrogens with zero attached hydrogens (tertiary/aromatic N) is 2. The largest absolute Gasteiger partial charge is 0.497 e. The van der Waals surface area contributed by atoms with Crippen LogP contribution in [0.1, 0.15) is 24.4 Å². The number of ether oxygens (including phenoxy) is 1. The van der Waals surface area contributed by atoms with Gasteiger partial charge < -0.3 is 15.0 Å². The summed E-state index contributed by atoms with van der Waals surface area (Å²) in [4.78, 5) is 4.30. The Balaban J connectivity index is 2.09. The molecule has 0 spiro atoms. The molecular formula is C14H19N3O. The fourth-order valence-electron chi connectivity index (χ4n) is 1.99. The average Bonchev–Trinajstić information content (AvgIpc) is 2.86. The first-order chi connectivity index (χ1) is 8.74. The van der Waals surface area contributed by atoms with Crippen molar-refractivity contribution in [1.29, 1.82) is 0 Å². The molecule has 0 aliphatic rings. The Kier molecular flexibility index (Phi) is 3.99. The van der Waals surface area contributed by atoms with E-state index in [2.05, 4.69) is 16.5 Å². The van der Waals surface area contributed by atoms with E-state index in [0.29, 0.717) is 0 Å². The maximum Gasteiger partial charge on any atom is 0.118 e. The van der Waals surface area contributed by atoms with Crippen molar-refractivity contribution in [3.63, 3.8) is 0 Å². The van der Waals surface area contributed by atoms with Crippen LogP contribution in [0.25, 0.3) is 0 Å². The molecular weight excluding hydrogens is 226 g/mol. The Morgan fingerprint density at radius 1 is 1.33 bits per heavy atom. The third kappa shape index (κ3) is 2.71. The van der Waals surface area contributed by atoms with E-state index in [4.69, 9.17) is 10.5 Å². The minimum atomic E-state index is -0.0320. The van der Waals surface area contributed by atoms with Gasteiger partial charge in [0, 0.05) is 31.4 Å². The number of imidazole rings is 1. The lowest BCUT2D eigenvalue weighted by Gasteiger charge is -2.15. The fraction of sp³-hybridized carbons (Fsp3) is 0.357. The van der Waals surface area contributed by atoms with E-state index in [1.807, 2.05) is 36.7 Å². The standard InChI is InChI=1S/C14H19N3O/c1-3-14-16-8-9-17(14)10-13(15)11-4-6-12(18-2)7-5-11/h4-9,13H,3,10,15H2,1-2H3. The van der Waals surface area contributed by atoms with Crippen molar-refractivity contribution in [3.05, 3.63) is 48.0 Å². The third-order valence-corrected chi connectivity index (χ3v) is 3.06. The second-order valence-electron chi connectivity index (χ2n) is 4.23. The summed E-state index contributed by atoms with van der Waals surface area (Å²) in [7, 11) is 1.66. The van der Waals surface area contributed by atoms with Crippen LogP contribution in [-0.4, -0.2) is 16.7 Å². The molecule has 2 aromatic rings. The molecule has 4 heteroatoms. The Bertz CT molecular complexity index is 490. The van der Waals surface area contributed by atoms with E-state index in [1.54, 1.807) is 7.11 Å². The molecule has 0 saturated heterocycles. The van der Waals surface area contributed by atoms with Gasteiger partial charge in [0.15, 0.2) is 0 Å². The van der Waals surface area contributed by atoms with Gasteiger partial charge in [-0.2, -0.15) is 0 Å². The van der Waals surface area contributed by atoms with Crippen LogP contribution in [0.5, 0.6) is 5.75 Å². The highest BCUT2D eigenvalue weighted by Crippen LogP contribution is 2.17. The third-order valence-electron chi connectivity index (χ3n) is 3.06. The van der Waals surface area contributed by atoms with Gasteiger partial charge in [0.1, 0.15) is 11.6 Å². The second-order valence-corrected chi connectivity index (χ2v) is 4.23. The smallest absolute Gasteiger partial charge is 0.118 e. The maximum absolute atomic E-state index is 6.21. The Labute approximate surface area is 107 Å². The Morgan fingerprint density at radius 3 is 2.67 bits per heavy atom. The predicted octanol–water partition coefficient (Wildman–Crippen LogP) is 2.15. The van der Waals surface area contributed by atoms with Crippen LogP contribution >= 0.6 is 0 Å². The first kappa shape index (κ1) is 12.6. The summed E-state index contributed by atoms with van der Waals surface area (Å²) in [5, 5.41) is 0. The predicted molar refractivity (Wildman–Crippen MR) is 71.5 cm³/mol. The van der Waals surface area contributed by atoms with Crippen molar-refractivity contribution in [1.82, 2.24) is 9.55 Å². The van der Waals surface area contributed by atoms with Gasteiger partial charge in [-0.15, -0.1) is 0 Å². The van der Waals surface area contributed by atoms with Gasteiger partial charge in [0.25, 0.3) is 0 Å². The molecule has 1 atom stereocenters. The number of hydrogen-bond donors (Lipinski definition) is 1. The first-order valence-electron chi connectivity index (χ1n) is 6.14. The van der Waals surface area contributed by atoms with Crippen LogP contribution in [0, 0.1) is 0 Å². The number of benzene rings is 1. The monoisotopic (exact) mass is 245 g/mol. The van der Waals surface area contributed by atoms with Gasteiger partial charge in [-0.05, 0) is 17.7 Å². The molecule has 1 unspecified atom stereocenters. The number of methoxy groups -OCH3 is 1. The molecule has 2 N–H and O–H groups in total. The molecule has 1 heterocycles. The zero-order chi connectivity index (χ0) is 13.0. The van der Waals surface area contributed by atoms with Crippen LogP contribution in [-0.2, 0) is 13.0 Å². The molecule has 0 amide bonds. The number of nitrogens with two attached hydrogens (primary N) is 1. The van der Waals surface area contributed by atoms with E-state index >= 15 is 0 Å². The van der Waals surface area contributed by atoms with Crippen LogP contribution in [0.15, 0.2) is 36.7 Å². The molecule has 0 bridgehead atoms. The van der Waals surface area contributed by atoms with Gasteiger partial charge in [0.2, 0.25) is 0 Å². The summed E-state index contributed by atoms with van der Waals surface area (Å²) < 4.78 is 7.24. The zero-order valence-corrected chi connectivity index (χ0v) is 10.8. The highest BCUT2D eigenvalue weighted by atomic mass is 16.5. The van der Waals surface area contributed by atoms with E-state index in [1.165, 1.54) is 0 Å². The number of aryl methyl sites for hydroxylation is 1. The van der Waals surface area contributed by atoms with E-state index < -0.39 is 0 Å². The Morgan fingerprint density at radius 2 is 2.06 bits per heavy atom. The molecule has 2 rings (SSSR count). The molecule has 96 valence electrons. The number of hydrogen-bond acceptors (Lipinski definition) is 3. The fourth-order valence-corrected chi connectivity index (χ4v) is 1.99. The van der Waals surface area contributed by atoms with Crippen molar-refractivity contribution in [2.45, 2.75) is 25.9 Å². The molecule has 0 radical (unpaired) electrons. The quantitative estimate of drug-likeness (QED) is 0.878.